The lowest BCUT2D eigenvalue weighted by molar-refractivity contribution is -0.116. The number of anilines is 1. The second kappa shape index (κ2) is 10.3. The SMILES string of the molecule is CCCCC(CC)CSC(=O)[C@@H](C)Oc1nc(F)c(Cl)c(N)c1Cl. The Morgan fingerprint density at radius 2 is 2.04 bits per heavy atom. The first-order valence-corrected chi connectivity index (χ1v) is 9.69. The van der Waals surface area contributed by atoms with Crippen molar-refractivity contribution in [3.63, 3.8) is 0 Å². The van der Waals surface area contributed by atoms with E-state index in [9.17, 15) is 9.18 Å². The third kappa shape index (κ3) is 5.97. The third-order valence-corrected chi connectivity index (χ3v) is 5.65. The number of thioether (sulfide) groups is 1. The maximum Gasteiger partial charge on any atom is 0.238 e. The molecule has 1 aromatic rings. The summed E-state index contributed by atoms with van der Waals surface area (Å²) in [4.78, 5) is 15.7. The second-order valence-corrected chi connectivity index (χ2v) is 7.34. The average Bonchev–Trinajstić information content (AvgIpc) is 2.57. The van der Waals surface area contributed by atoms with E-state index in [1.165, 1.54) is 11.8 Å². The van der Waals surface area contributed by atoms with Crippen molar-refractivity contribution >= 4 is 45.8 Å². The van der Waals surface area contributed by atoms with Crippen LogP contribution in [-0.4, -0.2) is 22.0 Å². The number of rotatable bonds is 9. The standard InChI is InChI=1S/C16H23Cl2FN2O2S/c1-4-6-7-10(5-2)8-24-16(22)9(3)23-15-12(18)13(20)11(17)14(19)21-15/h9-10H,4-8H2,1-3H3,(H2,20,21)/t9-,10?/m1/s1. The van der Waals surface area contributed by atoms with Crippen molar-refractivity contribution in [2.75, 3.05) is 11.5 Å². The van der Waals surface area contributed by atoms with Gasteiger partial charge < -0.3 is 10.5 Å². The summed E-state index contributed by atoms with van der Waals surface area (Å²) in [6.07, 6.45) is 3.62. The van der Waals surface area contributed by atoms with Crippen LogP contribution in [0.4, 0.5) is 10.1 Å². The second-order valence-electron chi connectivity index (χ2n) is 5.56. The molecule has 0 aliphatic heterocycles. The number of hydrogen-bond acceptors (Lipinski definition) is 5. The Bertz CT molecular complexity index is 575. The van der Waals surface area contributed by atoms with Gasteiger partial charge in [-0.1, -0.05) is 68.1 Å². The first-order chi connectivity index (χ1) is 11.3. The summed E-state index contributed by atoms with van der Waals surface area (Å²) in [6, 6.07) is 0. The van der Waals surface area contributed by atoms with E-state index in [0.717, 1.165) is 31.4 Å². The highest BCUT2D eigenvalue weighted by molar-refractivity contribution is 8.13. The number of aromatic nitrogens is 1. The van der Waals surface area contributed by atoms with E-state index < -0.39 is 12.1 Å². The maximum absolute atomic E-state index is 13.5. The van der Waals surface area contributed by atoms with Gasteiger partial charge in [0.15, 0.2) is 6.10 Å². The van der Waals surface area contributed by atoms with Gasteiger partial charge in [-0.05, 0) is 19.3 Å². The number of hydrogen-bond donors (Lipinski definition) is 1. The Kier molecular flexibility index (Phi) is 9.16. The highest BCUT2D eigenvalue weighted by atomic mass is 35.5. The molecule has 0 saturated heterocycles. The number of carbonyl (C=O) groups is 1. The zero-order chi connectivity index (χ0) is 18.3. The summed E-state index contributed by atoms with van der Waals surface area (Å²) in [7, 11) is 0. The first kappa shape index (κ1) is 21.3. The molecule has 0 amide bonds. The monoisotopic (exact) mass is 396 g/mol. The van der Waals surface area contributed by atoms with Crippen molar-refractivity contribution in [1.82, 2.24) is 4.98 Å². The summed E-state index contributed by atoms with van der Waals surface area (Å²) in [5.74, 6) is 0.0276. The number of nitrogen functional groups attached to an aromatic ring is 1. The Balaban J connectivity index is 2.64. The van der Waals surface area contributed by atoms with E-state index in [-0.39, 0.29) is 26.7 Å². The summed E-state index contributed by atoms with van der Waals surface area (Å²) >= 11 is 12.8. The maximum atomic E-state index is 13.5. The predicted molar refractivity (Wildman–Crippen MR) is 99.5 cm³/mol. The fourth-order valence-corrected chi connectivity index (χ4v) is 3.47. The van der Waals surface area contributed by atoms with Crippen molar-refractivity contribution in [3.8, 4) is 5.88 Å². The minimum absolute atomic E-state index is 0.0968. The number of nitrogens with zero attached hydrogens (tertiary/aromatic N) is 1. The van der Waals surface area contributed by atoms with Gasteiger partial charge in [-0.3, -0.25) is 4.79 Å². The number of halogens is 3. The fourth-order valence-electron chi connectivity index (χ4n) is 2.02. The van der Waals surface area contributed by atoms with Crippen molar-refractivity contribution in [1.29, 1.82) is 0 Å². The van der Waals surface area contributed by atoms with Crippen LogP contribution in [0, 0.1) is 11.9 Å². The number of nitrogens with two attached hydrogens (primary N) is 1. The van der Waals surface area contributed by atoms with Crippen LogP contribution in [0.15, 0.2) is 0 Å². The quantitative estimate of drug-likeness (QED) is 0.569. The summed E-state index contributed by atoms with van der Waals surface area (Å²) in [5, 5.41) is -0.611. The van der Waals surface area contributed by atoms with Crippen molar-refractivity contribution in [3.05, 3.63) is 16.0 Å². The van der Waals surface area contributed by atoms with Gasteiger partial charge in [0.25, 0.3) is 0 Å². The van der Waals surface area contributed by atoms with Gasteiger partial charge in [0, 0.05) is 5.75 Å². The van der Waals surface area contributed by atoms with E-state index in [4.69, 9.17) is 33.7 Å². The topological polar surface area (TPSA) is 65.2 Å². The molecule has 24 heavy (non-hydrogen) atoms. The van der Waals surface area contributed by atoms with Gasteiger partial charge in [0.2, 0.25) is 16.9 Å². The van der Waals surface area contributed by atoms with Crippen LogP contribution >= 0.6 is 35.0 Å². The molecule has 2 atom stereocenters. The van der Waals surface area contributed by atoms with Crippen LogP contribution in [0.25, 0.3) is 0 Å². The van der Waals surface area contributed by atoms with Crippen LogP contribution in [0.3, 0.4) is 0 Å². The average molecular weight is 397 g/mol. The molecule has 1 aromatic heterocycles. The van der Waals surface area contributed by atoms with Crippen LogP contribution < -0.4 is 10.5 Å². The molecule has 0 aliphatic carbocycles. The molecule has 0 aromatic carbocycles. The smallest absolute Gasteiger partial charge is 0.238 e. The molecule has 1 rings (SSSR count). The lowest BCUT2D eigenvalue weighted by Crippen LogP contribution is -2.23. The first-order valence-electron chi connectivity index (χ1n) is 7.94. The van der Waals surface area contributed by atoms with E-state index in [0.29, 0.717) is 5.92 Å². The highest BCUT2D eigenvalue weighted by Crippen LogP contribution is 2.36. The molecule has 0 aliphatic rings. The molecule has 0 saturated carbocycles. The van der Waals surface area contributed by atoms with Gasteiger partial charge in [0.1, 0.15) is 10.0 Å². The van der Waals surface area contributed by atoms with Crippen molar-refractivity contribution < 1.29 is 13.9 Å². The number of unbranched alkanes of at least 4 members (excludes halogenated alkanes) is 1. The fraction of sp³-hybridized carbons (Fsp3) is 0.625. The van der Waals surface area contributed by atoms with E-state index in [1.54, 1.807) is 6.92 Å². The molecule has 0 spiro atoms. The minimum atomic E-state index is -0.980. The third-order valence-electron chi connectivity index (χ3n) is 3.67. The Hall–Kier alpha value is -0.720. The van der Waals surface area contributed by atoms with Gasteiger partial charge >= 0.3 is 0 Å². The Morgan fingerprint density at radius 3 is 2.62 bits per heavy atom. The molecule has 1 heterocycles. The molecular formula is C16H23Cl2FN2O2S. The molecule has 8 heteroatoms. The van der Waals surface area contributed by atoms with E-state index in [2.05, 4.69) is 18.8 Å². The van der Waals surface area contributed by atoms with Gasteiger partial charge in [-0.2, -0.15) is 9.37 Å². The molecule has 0 bridgehead atoms. The number of ether oxygens (including phenoxy) is 1. The summed E-state index contributed by atoms with van der Waals surface area (Å²) in [5.41, 5.74) is 5.43. The van der Waals surface area contributed by atoms with Crippen molar-refractivity contribution in [2.45, 2.75) is 52.6 Å². The molecule has 1 unspecified atom stereocenters. The zero-order valence-electron chi connectivity index (χ0n) is 14.1. The van der Waals surface area contributed by atoms with Gasteiger partial charge in [-0.25, -0.2) is 0 Å². The van der Waals surface area contributed by atoms with Gasteiger partial charge in [0.05, 0.1) is 5.69 Å². The van der Waals surface area contributed by atoms with E-state index in [1.807, 2.05) is 0 Å². The van der Waals surface area contributed by atoms with Crippen LogP contribution in [0.5, 0.6) is 5.88 Å². The Labute approximate surface area is 156 Å². The summed E-state index contributed by atoms with van der Waals surface area (Å²) < 4.78 is 18.9. The molecule has 2 N–H and O–H groups in total. The van der Waals surface area contributed by atoms with Crippen LogP contribution in [-0.2, 0) is 4.79 Å². The van der Waals surface area contributed by atoms with Gasteiger partial charge in [-0.15, -0.1) is 0 Å². The molecule has 4 nitrogen and oxygen atoms in total. The zero-order valence-corrected chi connectivity index (χ0v) is 16.4. The van der Waals surface area contributed by atoms with Crippen LogP contribution in [0.1, 0.15) is 46.5 Å². The van der Waals surface area contributed by atoms with Crippen molar-refractivity contribution in [2.24, 2.45) is 5.92 Å². The number of pyridine rings is 1. The highest BCUT2D eigenvalue weighted by Gasteiger charge is 2.22. The molecule has 0 radical (unpaired) electrons. The summed E-state index contributed by atoms with van der Waals surface area (Å²) in [6.45, 7) is 5.84. The van der Waals surface area contributed by atoms with Crippen LogP contribution in [0.2, 0.25) is 10.0 Å². The molecular weight excluding hydrogens is 374 g/mol. The molecule has 0 fully saturated rings. The largest absolute Gasteiger partial charge is 0.464 e. The normalized spacial score (nSPS) is 13.6. The minimum Gasteiger partial charge on any atom is -0.464 e. The Morgan fingerprint density at radius 1 is 1.38 bits per heavy atom. The lowest BCUT2D eigenvalue weighted by Gasteiger charge is -2.17. The molecule has 136 valence electrons. The predicted octanol–water partition coefficient (Wildman–Crippen LogP) is 5.35. The lowest BCUT2D eigenvalue weighted by atomic mass is 10.0. The van der Waals surface area contributed by atoms with E-state index >= 15 is 0 Å². The number of carbonyl (C=O) groups excluding carboxylic acids is 1.